The maximum atomic E-state index is 12.9. The van der Waals surface area contributed by atoms with Crippen molar-refractivity contribution in [2.75, 3.05) is 26.3 Å². The molecule has 2 aliphatic heterocycles. The van der Waals surface area contributed by atoms with Gasteiger partial charge in [-0.25, -0.2) is 0 Å². The minimum atomic E-state index is 0.105. The quantitative estimate of drug-likeness (QED) is 0.857. The summed E-state index contributed by atoms with van der Waals surface area (Å²) in [6.45, 7) is 11.0. The Bertz CT molecular complexity index is 431. The number of carbonyl (C=O) groups is 1. The zero-order chi connectivity index (χ0) is 17.2. The lowest BCUT2D eigenvalue weighted by molar-refractivity contribution is -0.127. The highest BCUT2D eigenvalue weighted by Crippen LogP contribution is 2.38. The van der Waals surface area contributed by atoms with Crippen LogP contribution in [0.2, 0.25) is 0 Å². The van der Waals surface area contributed by atoms with Crippen LogP contribution in [0.15, 0.2) is 0 Å². The number of amides is 1. The third kappa shape index (κ3) is 4.72. The second-order valence-electron chi connectivity index (χ2n) is 9.33. The summed E-state index contributed by atoms with van der Waals surface area (Å²) in [4.78, 5) is 15.4. The van der Waals surface area contributed by atoms with Crippen molar-refractivity contribution in [1.82, 2.24) is 10.2 Å². The average Bonchev–Trinajstić information content (AvgIpc) is 2.94. The maximum Gasteiger partial charge on any atom is 0.237 e. The molecular weight excluding hydrogens is 300 g/mol. The lowest BCUT2D eigenvalue weighted by Gasteiger charge is -2.40. The van der Waals surface area contributed by atoms with Gasteiger partial charge >= 0.3 is 0 Å². The molecule has 1 amide bonds. The molecule has 1 saturated carbocycles. The molecule has 3 unspecified atom stereocenters. The maximum absolute atomic E-state index is 12.9. The number of nitrogens with one attached hydrogen (secondary N) is 1. The van der Waals surface area contributed by atoms with Gasteiger partial charge in [0.05, 0.1) is 6.04 Å². The van der Waals surface area contributed by atoms with Gasteiger partial charge in [0, 0.05) is 25.8 Å². The van der Waals surface area contributed by atoms with Crippen LogP contribution in [0.4, 0.5) is 0 Å². The van der Waals surface area contributed by atoms with Crippen molar-refractivity contribution in [3.63, 3.8) is 0 Å². The summed E-state index contributed by atoms with van der Waals surface area (Å²) >= 11 is 0. The molecule has 0 radical (unpaired) electrons. The van der Waals surface area contributed by atoms with Crippen LogP contribution in [0, 0.1) is 17.3 Å². The lowest BCUT2D eigenvalue weighted by Crippen LogP contribution is -2.50. The van der Waals surface area contributed by atoms with Crippen molar-refractivity contribution in [1.29, 1.82) is 0 Å². The molecule has 24 heavy (non-hydrogen) atoms. The van der Waals surface area contributed by atoms with Gasteiger partial charge in [0.25, 0.3) is 0 Å². The minimum Gasteiger partial charge on any atom is -0.381 e. The molecule has 0 aromatic rings. The monoisotopic (exact) mass is 336 g/mol. The molecule has 3 rings (SSSR count). The topological polar surface area (TPSA) is 41.6 Å². The summed E-state index contributed by atoms with van der Waals surface area (Å²) in [5.74, 6) is 1.70. The van der Waals surface area contributed by atoms with Gasteiger partial charge in [0.2, 0.25) is 5.91 Å². The highest BCUT2D eigenvalue weighted by molar-refractivity contribution is 5.82. The Morgan fingerprint density at radius 2 is 1.96 bits per heavy atom. The average molecular weight is 337 g/mol. The molecule has 0 aromatic heterocycles. The van der Waals surface area contributed by atoms with Gasteiger partial charge in [-0.15, -0.1) is 0 Å². The fraction of sp³-hybridized carbons (Fsp3) is 0.950. The number of rotatable bonds is 4. The minimum absolute atomic E-state index is 0.105. The summed E-state index contributed by atoms with van der Waals surface area (Å²) in [7, 11) is 0. The van der Waals surface area contributed by atoms with E-state index < -0.39 is 0 Å². The molecule has 2 saturated heterocycles. The Morgan fingerprint density at radius 3 is 2.67 bits per heavy atom. The van der Waals surface area contributed by atoms with Crippen LogP contribution in [0.3, 0.4) is 0 Å². The summed E-state index contributed by atoms with van der Waals surface area (Å²) in [6, 6.07) is 0.468. The summed E-state index contributed by atoms with van der Waals surface area (Å²) in [6.07, 6.45) is 8.03. The van der Waals surface area contributed by atoms with Crippen molar-refractivity contribution in [2.24, 2.45) is 17.3 Å². The highest BCUT2D eigenvalue weighted by Gasteiger charge is 2.36. The van der Waals surface area contributed by atoms with E-state index in [0.29, 0.717) is 23.3 Å². The molecule has 3 fully saturated rings. The van der Waals surface area contributed by atoms with E-state index >= 15 is 0 Å². The van der Waals surface area contributed by atoms with Crippen LogP contribution in [-0.2, 0) is 9.53 Å². The number of nitrogens with zero attached hydrogens (tertiary/aromatic N) is 1. The molecule has 3 atom stereocenters. The van der Waals surface area contributed by atoms with Gasteiger partial charge in [-0.05, 0) is 68.7 Å². The van der Waals surface area contributed by atoms with Crippen molar-refractivity contribution in [3.05, 3.63) is 0 Å². The predicted octanol–water partition coefficient (Wildman–Crippen LogP) is 3.21. The number of hydrogen-bond acceptors (Lipinski definition) is 3. The molecule has 138 valence electrons. The van der Waals surface area contributed by atoms with Crippen LogP contribution in [0.5, 0.6) is 0 Å². The van der Waals surface area contributed by atoms with Crippen molar-refractivity contribution >= 4 is 5.91 Å². The Kier molecular flexibility index (Phi) is 5.86. The molecule has 0 spiro atoms. The third-order valence-electron chi connectivity index (χ3n) is 6.23. The molecule has 1 aliphatic carbocycles. The molecule has 3 aliphatic rings. The second kappa shape index (κ2) is 7.74. The lowest BCUT2D eigenvalue weighted by atomic mass is 9.70. The van der Waals surface area contributed by atoms with E-state index in [-0.39, 0.29) is 11.9 Å². The number of carbonyl (C=O) groups excluding carboxylic acids is 1. The van der Waals surface area contributed by atoms with E-state index in [0.717, 1.165) is 64.8 Å². The van der Waals surface area contributed by atoms with Crippen molar-refractivity contribution in [2.45, 2.75) is 77.8 Å². The SMILES string of the molecule is CC1CC(NC(=O)C2CCCN2CC2CCOCC2)CC(C)(C)C1. The Balaban J connectivity index is 1.53. The fourth-order valence-electron chi connectivity index (χ4n) is 5.36. The normalized spacial score (nSPS) is 35.0. The zero-order valence-electron chi connectivity index (χ0n) is 15.9. The molecule has 4 nitrogen and oxygen atoms in total. The number of ether oxygens (including phenoxy) is 1. The van der Waals surface area contributed by atoms with Gasteiger partial charge in [0.15, 0.2) is 0 Å². The molecule has 2 heterocycles. The Labute approximate surface area is 147 Å². The van der Waals surface area contributed by atoms with E-state index in [1.165, 1.54) is 6.42 Å². The molecule has 1 N–H and O–H groups in total. The second-order valence-corrected chi connectivity index (χ2v) is 9.33. The smallest absolute Gasteiger partial charge is 0.237 e. The molecule has 0 bridgehead atoms. The van der Waals surface area contributed by atoms with E-state index in [4.69, 9.17) is 4.74 Å². The number of likely N-dealkylation sites (tertiary alicyclic amines) is 1. The van der Waals surface area contributed by atoms with E-state index in [2.05, 4.69) is 31.0 Å². The zero-order valence-corrected chi connectivity index (χ0v) is 15.9. The van der Waals surface area contributed by atoms with Gasteiger partial charge in [-0.3, -0.25) is 9.69 Å². The van der Waals surface area contributed by atoms with Crippen molar-refractivity contribution < 1.29 is 9.53 Å². The van der Waals surface area contributed by atoms with Gasteiger partial charge in [0.1, 0.15) is 0 Å². The number of hydrogen-bond donors (Lipinski definition) is 1. The van der Waals surface area contributed by atoms with Crippen molar-refractivity contribution in [3.8, 4) is 0 Å². The van der Waals surface area contributed by atoms with Crippen LogP contribution >= 0.6 is 0 Å². The Morgan fingerprint density at radius 1 is 1.21 bits per heavy atom. The first-order chi connectivity index (χ1) is 11.4. The first-order valence-electron chi connectivity index (χ1n) is 10.0. The van der Waals surface area contributed by atoms with Crippen LogP contribution < -0.4 is 5.32 Å². The highest BCUT2D eigenvalue weighted by atomic mass is 16.5. The standard InChI is InChI=1S/C20H36N2O2/c1-15-11-17(13-20(2,3)12-15)21-19(23)18-5-4-8-22(18)14-16-6-9-24-10-7-16/h15-18H,4-14H2,1-3H3,(H,21,23). The van der Waals surface area contributed by atoms with Gasteiger partial charge in [-0.1, -0.05) is 20.8 Å². The molecule has 0 aromatic carbocycles. The molecule has 4 heteroatoms. The Hall–Kier alpha value is -0.610. The van der Waals surface area contributed by atoms with E-state index in [9.17, 15) is 4.79 Å². The summed E-state index contributed by atoms with van der Waals surface area (Å²) < 4.78 is 5.47. The van der Waals surface area contributed by atoms with Gasteiger partial charge < -0.3 is 10.1 Å². The summed E-state index contributed by atoms with van der Waals surface area (Å²) in [5, 5.41) is 3.41. The first kappa shape index (κ1) is 18.2. The van der Waals surface area contributed by atoms with Crippen LogP contribution in [-0.4, -0.2) is 49.2 Å². The van der Waals surface area contributed by atoms with E-state index in [1.807, 2.05) is 0 Å². The van der Waals surface area contributed by atoms with Gasteiger partial charge in [-0.2, -0.15) is 0 Å². The summed E-state index contributed by atoms with van der Waals surface area (Å²) in [5.41, 5.74) is 0.354. The first-order valence-corrected chi connectivity index (χ1v) is 10.0. The molecular formula is C20H36N2O2. The predicted molar refractivity (Wildman–Crippen MR) is 96.9 cm³/mol. The van der Waals surface area contributed by atoms with Crippen LogP contribution in [0.1, 0.15) is 65.7 Å². The van der Waals surface area contributed by atoms with Crippen LogP contribution in [0.25, 0.3) is 0 Å². The fourth-order valence-corrected chi connectivity index (χ4v) is 5.36. The van der Waals surface area contributed by atoms with E-state index in [1.54, 1.807) is 0 Å². The third-order valence-corrected chi connectivity index (χ3v) is 6.23. The largest absolute Gasteiger partial charge is 0.381 e.